The minimum absolute atomic E-state index is 0.135. The molecule has 0 aliphatic carbocycles. The predicted octanol–water partition coefficient (Wildman–Crippen LogP) is 3.84. The quantitative estimate of drug-likeness (QED) is 0.470. The monoisotopic (exact) mass is 454 g/mol. The van der Waals surface area contributed by atoms with Crippen LogP contribution in [0.2, 0.25) is 19.6 Å². The van der Waals surface area contributed by atoms with Gasteiger partial charge in [0.1, 0.15) is 6.04 Å². The fourth-order valence-electron chi connectivity index (χ4n) is 3.71. The smallest absolute Gasteiger partial charge is 0.261 e. The average molecular weight is 455 g/mol. The van der Waals surface area contributed by atoms with Crippen LogP contribution in [-0.4, -0.2) is 33.0 Å². The van der Waals surface area contributed by atoms with Crippen molar-refractivity contribution in [2.24, 2.45) is 0 Å². The second-order valence-corrected chi connectivity index (χ2v) is 15.0. The molecule has 0 spiro atoms. The number of benzene rings is 3. The summed E-state index contributed by atoms with van der Waals surface area (Å²) in [5.41, 5.74) is 4.40. The molecule has 3 aromatic carbocycles. The lowest BCUT2D eigenvalue weighted by Gasteiger charge is -2.35. The predicted molar refractivity (Wildman–Crippen MR) is 123 cm³/mol. The Morgan fingerprint density at radius 3 is 2.32 bits per heavy atom. The number of hydrogen-bond donors (Lipinski definition) is 1. The van der Waals surface area contributed by atoms with E-state index in [9.17, 15) is 13.2 Å². The van der Waals surface area contributed by atoms with Crippen LogP contribution in [0.15, 0.2) is 71.6 Å². The molecule has 3 aromatic rings. The van der Waals surface area contributed by atoms with Gasteiger partial charge < -0.3 is 4.53 Å². The molecule has 4 rings (SSSR count). The molecule has 0 unspecified atom stereocenters. The molecular weight excluding hydrogens is 428 g/mol. The Kier molecular flexibility index (Phi) is 5.74. The van der Waals surface area contributed by atoms with Crippen LogP contribution in [0.1, 0.15) is 11.1 Å². The van der Waals surface area contributed by atoms with E-state index in [-0.39, 0.29) is 11.4 Å². The van der Waals surface area contributed by atoms with Crippen molar-refractivity contribution in [3.63, 3.8) is 0 Å². The van der Waals surface area contributed by atoms with Gasteiger partial charge in [-0.25, -0.2) is 13.9 Å². The van der Waals surface area contributed by atoms with Crippen molar-refractivity contribution < 1.29 is 17.7 Å². The summed E-state index contributed by atoms with van der Waals surface area (Å²) in [7, 11) is -5.93. The van der Waals surface area contributed by atoms with Gasteiger partial charge >= 0.3 is 0 Å². The van der Waals surface area contributed by atoms with Crippen molar-refractivity contribution in [1.82, 2.24) is 9.79 Å². The SMILES string of the molecule is C[Si](C)(C)ONC(=O)[C@H]1Cc2ccccc2CN1S(=O)(=O)c1ccc2ccccc2c1. The first-order valence-electron chi connectivity index (χ1n) is 10.2. The molecule has 0 fully saturated rings. The average Bonchev–Trinajstić information content (AvgIpc) is 2.75. The minimum Gasteiger partial charge on any atom is -0.320 e. The summed E-state index contributed by atoms with van der Waals surface area (Å²) in [5, 5.41) is 1.80. The number of carbonyl (C=O) groups is 1. The highest BCUT2D eigenvalue weighted by molar-refractivity contribution is 7.89. The van der Waals surface area contributed by atoms with E-state index in [0.29, 0.717) is 6.42 Å². The number of hydroxylamine groups is 1. The van der Waals surface area contributed by atoms with Gasteiger partial charge in [0.2, 0.25) is 18.3 Å². The lowest BCUT2D eigenvalue weighted by molar-refractivity contribution is -0.132. The Bertz CT molecular complexity index is 1240. The van der Waals surface area contributed by atoms with Crippen LogP contribution in [0.4, 0.5) is 0 Å². The van der Waals surface area contributed by atoms with E-state index in [1.807, 2.05) is 68.2 Å². The van der Waals surface area contributed by atoms with Crippen LogP contribution in [-0.2, 0) is 32.3 Å². The summed E-state index contributed by atoms with van der Waals surface area (Å²) < 4.78 is 34.2. The molecule has 1 aliphatic heterocycles. The molecule has 162 valence electrons. The first-order chi connectivity index (χ1) is 14.6. The molecule has 1 heterocycles. The van der Waals surface area contributed by atoms with Crippen molar-refractivity contribution >= 4 is 35.0 Å². The van der Waals surface area contributed by atoms with Gasteiger partial charge in [0.25, 0.3) is 5.91 Å². The summed E-state index contributed by atoms with van der Waals surface area (Å²) in [5.74, 6) is -0.443. The van der Waals surface area contributed by atoms with Crippen molar-refractivity contribution in [2.45, 2.75) is 43.5 Å². The standard InChI is InChI=1S/C23H26N2O4SSi/c1-31(2,3)29-24-23(26)22-15-19-10-6-7-11-20(19)16-25(22)30(27,28)21-13-12-17-8-4-5-9-18(17)14-21/h4-14,22H,15-16H2,1-3H3,(H,24,26)/t22-/m1/s1. The van der Waals surface area contributed by atoms with Crippen LogP contribution in [0.5, 0.6) is 0 Å². The van der Waals surface area contributed by atoms with E-state index in [2.05, 4.69) is 5.48 Å². The number of nitrogens with one attached hydrogen (secondary N) is 1. The number of rotatable bonds is 5. The highest BCUT2D eigenvalue weighted by Gasteiger charge is 2.40. The zero-order chi connectivity index (χ0) is 22.2. The number of amides is 1. The molecule has 1 amide bonds. The largest absolute Gasteiger partial charge is 0.320 e. The Morgan fingerprint density at radius 2 is 1.61 bits per heavy atom. The van der Waals surface area contributed by atoms with Crippen LogP contribution >= 0.6 is 0 Å². The van der Waals surface area contributed by atoms with Gasteiger partial charge in [-0.2, -0.15) is 4.31 Å². The van der Waals surface area contributed by atoms with Gasteiger partial charge in [-0.3, -0.25) is 4.79 Å². The summed E-state index contributed by atoms with van der Waals surface area (Å²) in [6, 6.07) is 19.4. The molecule has 0 saturated heterocycles. The Labute approximate surface area is 184 Å². The third-order valence-corrected chi connectivity index (χ3v) is 7.86. The number of sulfonamides is 1. The second-order valence-electron chi connectivity index (χ2n) is 8.73. The highest BCUT2D eigenvalue weighted by Crippen LogP contribution is 2.30. The molecule has 0 bridgehead atoms. The van der Waals surface area contributed by atoms with Gasteiger partial charge in [0.05, 0.1) is 4.90 Å². The first kappa shape index (κ1) is 21.7. The van der Waals surface area contributed by atoms with E-state index in [1.54, 1.807) is 18.2 Å². The third-order valence-electron chi connectivity index (χ3n) is 5.29. The molecule has 0 aromatic heterocycles. The maximum absolute atomic E-state index is 13.7. The summed E-state index contributed by atoms with van der Waals surface area (Å²) in [6.07, 6.45) is 0.296. The van der Waals surface area contributed by atoms with Gasteiger partial charge in [0.15, 0.2) is 0 Å². The fraction of sp³-hybridized carbons (Fsp3) is 0.261. The number of nitrogens with zero attached hydrogens (tertiary/aromatic N) is 1. The summed E-state index contributed by atoms with van der Waals surface area (Å²) >= 11 is 0. The minimum atomic E-state index is -3.92. The maximum Gasteiger partial charge on any atom is 0.261 e. The molecule has 0 radical (unpaired) electrons. The lowest BCUT2D eigenvalue weighted by Crippen LogP contribution is -2.53. The van der Waals surface area contributed by atoms with Crippen LogP contribution < -0.4 is 5.48 Å². The maximum atomic E-state index is 13.7. The molecule has 1 atom stereocenters. The molecule has 1 aliphatic rings. The van der Waals surface area contributed by atoms with Crippen molar-refractivity contribution in [3.05, 3.63) is 77.9 Å². The fourth-order valence-corrected chi connectivity index (χ4v) is 5.72. The number of carbonyl (C=O) groups excluding carboxylic acids is 1. The molecule has 0 saturated carbocycles. The van der Waals surface area contributed by atoms with E-state index >= 15 is 0 Å². The molecule has 8 heteroatoms. The topological polar surface area (TPSA) is 75.7 Å². The van der Waals surface area contributed by atoms with Crippen LogP contribution in [0, 0.1) is 0 Å². The van der Waals surface area contributed by atoms with Crippen molar-refractivity contribution in [3.8, 4) is 0 Å². The van der Waals surface area contributed by atoms with Crippen molar-refractivity contribution in [2.75, 3.05) is 0 Å². The Morgan fingerprint density at radius 1 is 0.968 bits per heavy atom. The lowest BCUT2D eigenvalue weighted by atomic mass is 9.95. The molecular formula is C23H26N2O4SSi. The zero-order valence-corrected chi connectivity index (χ0v) is 19.6. The van der Waals surface area contributed by atoms with Crippen LogP contribution in [0.3, 0.4) is 0 Å². The third kappa shape index (κ3) is 4.57. The van der Waals surface area contributed by atoms with Gasteiger partial charge in [-0.05, 0) is 60.1 Å². The van der Waals surface area contributed by atoms with E-state index in [4.69, 9.17) is 4.53 Å². The normalized spacial score (nSPS) is 17.3. The summed E-state index contributed by atoms with van der Waals surface area (Å²) in [4.78, 5) is 13.2. The van der Waals surface area contributed by atoms with E-state index in [0.717, 1.165) is 21.9 Å². The molecule has 31 heavy (non-hydrogen) atoms. The number of hydrogen-bond acceptors (Lipinski definition) is 4. The van der Waals surface area contributed by atoms with E-state index < -0.39 is 30.3 Å². The Hall–Kier alpha value is -2.52. The van der Waals surface area contributed by atoms with Gasteiger partial charge in [-0.15, -0.1) is 0 Å². The van der Waals surface area contributed by atoms with E-state index in [1.165, 1.54) is 4.31 Å². The van der Waals surface area contributed by atoms with Gasteiger partial charge in [-0.1, -0.05) is 54.6 Å². The van der Waals surface area contributed by atoms with Crippen LogP contribution in [0.25, 0.3) is 10.8 Å². The zero-order valence-electron chi connectivity index (χ0n) is 17.8. The second kappa shape index (κ2) is 8.20. The molecule has 1 N–H and O–H groups in total. The van der Waals surface area contributed by atoms with Gasteiger partial charge in [0, 0.05) is 6.54 Å². The van der Waals surface area contributed by atoms with Crippen molar-refractivity contribution in [1.29, 1.82) is 0 Å². The Balaban J connectivity index is 1.73. The number of fused-ring (bicyclic) bond motifs is 2. The first-order valence-corrected chi connectivity index (χ1v) is 15.1. The highest BCUT2D eigenvalue weighted by atomic mass is 32.2. The summed E-state index contributed by atoms with van der Waals surface area (Å²) in [6.45, 7) is 5.99. The molecule has 6 nitrogen and oxygen atoms in total.